The molecule has 3 fully saturated rings. The van der Waals surface area contributed by atoms with E-state index in [-0.39, 0.29) is 18.9 Å². The standard InChI is InChI=1S/C83H153NO18/c1-3-5-7-9-11-13-15-17-19-21-23-25-26-27-28-29-30-31-32-33-34-35-36-37-38-39-40-41-43-45-47-49-51-53-55-57-59-61-71(89)84-66(67(88)60-58-56-54-52-50-48-46-44-42-24-22-20-18-16-14-12-10-8-6-4-2)65-97-81-77(95)74(92)79(69(63-86)99-81)102-83-78(96)75(93)80(70(64-87)100-83)101-82-76(94)73(91)72(90)68(62-85)98-82/h21,23,42,44,50,52,58,60,66-70,72-83,85-88,90-96H,3-20,22,24-41,43,45-49,51,53-57,59,61-65H2,1-2H3,(H,84,89)/b23-21-,44-42+,52-50+,60-58+. The van der Waals surface area contributed by atoms with Crippen molar-refractivity contribution in [1.29, 1.82) is 0 Å². The second kappa shape index (κ2) is 63.7. The first kappa shape index (κ1) is 94.0. The molecule has 0 radical (unpaired) electrons. The van der Waals surface area contributed by atoms with Crippen LogP contribution in [0.25, 0.3) is 0 Å². The Morgan fingerprint density at radius 3 is 0.980 bits per heavy atom. The van der Waals surface area contributed by atoms with Gasteiger partial charge in [0.1, 0.15) is 73.2 Å². The molecule has 19 heteroatoms. The summed E-state index contributed by atoms with van der Waals surface area (Å²) in [4.78, 5) is 13.5. The van der Waals surface area contributed by atoms with E-state index in [9.17, 15) is 61.0 Å². The SMILES string of the molecule is CCCCCCCCCC/C=C\CCCCCCCCCCCCCCCCCCCCCCCCCCCC(=O)NC(COC1OC(CO)C(OC2OC(CO)C(OC3OC(CO)C(O)C(O)C3O)C(O)C2O)C(O)C1O)C(O)/C=C/CC/C=C/CC/C=C/CCCCCCCCCCCC. The summed E-state index contributed by atoms with van der Waals surface area (Å²) in [5, 5.41) is 121. The summed E-state index contributed by atoms with van der Waals surface area (Å²) in [6, 6.07) is -0.997. The molecule has 0 aromatic rings. The zero-order valence-corrected chi connectivity index (χ0v) is 64.1. The topological polar surface area (TPSA) is 307 Å². The van der Waals surface area contributed by atoms with Gasteiger partial charge in [0.15, 0.2) is 18.9 Å². The van der Waals surface area contributed by atoms with E-state index >= 15 is 0 Å². The number of hydrogen-bond acceptors (Lipinski definition) is 18. The van der Waals surface area contributed by atoms with E-state index in [1.807, 2.05) is 6.08 Å². The number of unbranched alkanes of at least 4 members (excludes halogenated alkanes) is 45. The van der Waals surface area contributed by atoms with Crippen LogP contribution in [0.2, 0.25) is 0 Å². The maximum Gasteiger partial charge on any atom is 0.220 e. The number of allylic oxidation sites excluding steroid dienone is 7. The molecule has 3 rings (SSSR count). The molecule has 0 spiro atoms. The van der Waals surface area contributed by atoms with Crippen LogP contribution in [-0.2, 0) is 33.2 Å². The fourth-order valence-electron chi connectivity index (χ4n) is 14.1. The predicted molar refractivity (Wildman–Crippen MR) is 406 cm³/mol. The molecule has 0 aromatic heterocycles. The van der Waals surface area contributed by atoms with Crippen molar-refractivity contribution < 1.29 is 89.4 Å². The van der Waals surface area contributed by atoms with E-state index in [0.717, 1.165) is 44.9 Å². The highest BCUT2D eigenvalue weighted by molar-refractivity contribution is 5.76. The van der Waals surface area contributed by atoms with Crippen molar-refractivity contribution in [3.63, 3.8) is 0 Å². The van der Waals surface area contributed by atoms with Gasteiger partial charge in [-0.3, -0.25) is 4.79 Å². The first-order valence-corrected chi connectivity index (χ1v) is 41.9. The van der Waals surface area contributed by atoms with Gasteiger partial charge < -0.3 is 89.9 Å². The van der Waals surface area contributed by atoms with Gasteiger partial charge in [-0.25, -0.2) is 0 Å². The van der Waals surface area contributed by atoms with Crippen LogP contribution >= 0.6 is 0 Å². The molecular formula is C83H153NO18. The largest absolute Gasteiger partial charge is 0.394 e. The summed E-state index contributed by atoms with van der Waals surface area (Å²) in [6.07, 6.45) is 54.1. The molecule has 0 bridgehead atoms. The molecule has 12 N–H and O–H groups in total. The second-order valence-corrected chi connectivity index (χ2v) is 29.9. The molecule has 3 aliphatic heterocycles. The normalized spacial score (nSPS) is 26.4. The molecule has 1 amide bonds. The number of carbonyl (C=O) groups excluding carboxylic acids is 1. The maximum absolute atomic E-state index is 13.5. The second-order valence-electron chi connectivity index (χ2n) is 29.9. The van der Waals surface area contributed by atoms with Crippen molar-refractivity contribution in [3.8, 4) is 0 Å². The molecule has 598 valence electrons. The van der Waals surface area contributed by atoms with Gasteiger partial charge in [0.2, 0.25) is 5.91 Å². The van der Waals surface area contributed by atoms with Gasteiger partial charge in [0.25, 0.3) is 0 Å². The predicted octanol–water partition coefficient (Wildman–Crippen LogP) is 14.5. The van der Waals surface area contributed by atoms with Gasteiger partial charge in [0.05, 0.1) is 38.6 Å². The third-order valence-corrected chi connectivity index (χ3v) is 20.8. The highest BCUT2D eigenvalue weighted by Crippen LogP contribution is 2.33. The van der Waals surface area contributed by atoms with Crippen molar-refractivity contribution in [2.24, 2.45) is 0 Å². The molecule has 3 saturated heterocycles. The van der Waals surface area contributed by atoms with Gasteiger partial charge >= 0.3 is 0 Å². The molecule has 17 atom stereocenters. The summed E-state index contributed by atoms with van der Waals surface area (Å²) >= 11 is 0. The van der Waals surface area contributed by atoms with Crippen LogP contribution in [0, 0.1) is 0 Å². The van der Waals surface area contributed by atoms with Crippen LogP contribution in [0.5, 0.6) is 0 Å². The van der Waals surface area contributed by atoms with Crippen molar-refractivity contribution >= 4 is 5.91 Å². The van der Waals surface area contributed by atoms with E-state index in [1.54, 1.807) is 6.08 Å². The van der Waals surface area contributed by atoms with Crippen LogP contribution in [0.4, 0.5) is 0 Å². The van der Waals surface area contributed by atoms with Crippen molar-refractivity contribution in [3.05, 3.63) is 48.6 Å². The smallest absolute Gasteiger partial charge is 0.220 e. The quantitative estimate of drug-likeness (QED) is 0.0199. The van der Waals surface area contributed by atoms with Crippen molar-refractivity contribution in [1.82, 2.24) is 5.32 Å². The Hall–Kier alpha value is -2.25. The summed E-state index contributed by atoms with van der Waals surface area (Å²) < 4.78 is 34.4. The Morgan fingerprint density at radius 2 is 0.627 bits per heavy atom. The fraction of sp³-hybridized carbons (Fsp3) is 0.892. The minimum atomic E-state index is -1.98. The third-order valence-electron chi connectivity index (χ3n) is 20.8. The highest BCUT2D eigenvalue weighted by Gasteiger charge is 2.54. The molecule has 0 aromatic carbocycles. The lowest BCUT2D eigenvalue weighted by molar-refractivity contribution is -0.379. The third kappa shape index (κ3) is 43.1. The zero-order chi connectivity index (χ0) is 73.9. The summed E-state index contributed by atoms with van der Waals surface area (Å²) in [5.41, 5.74) is 0. The number of ether oxygens (including phenoxy) is 6. The molecule has 3 heterocycles. The number of amides is 1. The van der Waals surface area contributed by atoms with Gasteiger partial charge in [-0.2, -0.15) is 0 Å². The Bertz CT molecular complexity index is 2030. The van der Waals surface area contributed by atoms with Crippen molar-refractivity contribution in [2.75, 3.05) is 26.4 Å². The molecule has 0 saturated carbocycles. The number of hydrogen-bond donors (Lipinski definition) is 12. The molecule has 3 aliphatic rings. The average Bonchev–Trinajstić information content (AvgIpc) is 0.778. The van der Waals surface area contributed by atoms with Gasteiger partial charge in [-0.1, -0.05) is 313 Å². The Labute approximate surface area is 618 Å². The molecular weight excluding hydrogens is 1300 g/mol. The number of nitrogens with one attached hydrogen (secondary N) is 1. The van der Waals surface area contributed by atoms with Gasteiger partial charge in [-0.15, -0.1) is 0 Å². The number of aliphatic hydroxyl groups is 11. The summed E-state index contributed by atoms with van der Waals surface area (Å²) in [6.45, 7) is 1.75. The van der Waals surface area contributed by atoms with Gasteiger partial charge in [-0.05, 0) is 70.6 Å². The van der Waals surface area contributed by atoms with Crippen LogP contribution < -0.4 is 5.32 Å². The van der Waals surface area contributed by atoms with E-state index in [4.69, 9.17) is 28.4 Å². The van der Waals surface area contributed by atoms with E-state index < -0.39 is 124 Å². The molecule has 17 unspecified atom stereocenters. The Morgan fingerprint density at radius 1 is 0.343 bits per heavy atom. The molecule has 19 nitrogen and oxygen atoms in total. The first-order chi connectivity index (χ1) is 49.8. The van der Waals surface area contributed by atoms with Crippen LogP contribution in [0.3, 0.4) is 0 Å². The van der Waals surface area contributed by atoms with Crippen LogP contribution in [0.1, 0.15) is 341 Å². The van der Waals surface area contributed by atoms with E-state index in [2.05, 4.69) is 55.6 Å². The fourth-order valence-corrected chi connectivity index (χ4v) is 14.1. The van der Waals surface area contributed by atoms with Crippen molar-refractivity contribution in [2.45, 2.75) is 446 Å². The summed E-state index contributed by atoms with van der Waals surface area (Å²) in [5.74, 6) is -0.284. The Balaban J connectivity index is 1.33. The van der Waals surface area contributed by atoms with Gasteiger partial charge in [0, 0.05) is 6.42 Å². The average molecular weight is 1450 g/mol. The monoisotopic (exact) mass is 1450 g/mol. The minimum Gasteiger partial charge on any atom is -0.394 e. The number of rotatable bonds is 67. The molecule has 102 heavy (non-hydrogen) atoms. The summed E-state index contributed by atoms with van der Waals surface area (Å²) in [7, 11) is 0. The first-order valence-electron chi connectivity index (χ1n) is 41.9. The molecule has 0 aliphatic carbocycles. The van der Waals surface area contributed by atoms with Crippen LogP contribution in [-0.4, -0.2) is 193 Å². The number of carbonyl (C=O) groups is 1. The minimum absolute atomic E-state index is 0.235. The highest BCUT2D eigenvalue weighted by atomic mass is 16.8. The van der Waals surface area contributed by atoms with E-state index in [1.165, 1.54) is 263 Å². The lowest BCUT2D eigenvalue weighted by atomic mass is 9.96. The lowest BCUT2D eigenvalue weighted by Crippen LogP contribution is -2.66. The zero-order valence-electron chi connectivity index (χ0n) is 64.1. The lowest BCUT2D eigenvalue weighted by Gasteiger charge is -2.48. The number of aliphatic hydroxyl groups excluding tert-OH is 11. The van der Waals surface area contributed by atoms with Crippen LogP contribution in [0.15, 0.2) is 48.6 Å². The maximum atomic E-state index is 13.5. The Kier molecular flexibility index (Phi) is 58.6. The van der Waals surface area contributed by atoms with E-state index in [0.29, 0.717) is 12.8 Å².